The van der Waals surface area contributed by atoms with Gasteiger partial charge in [0.15, 0.2) is 5.78 Å². The topological polar surface area (TPSA) is 122 Å². The molecule has 3 aromatic heterocycles. The number of aliphatic hydroxyl groups is 1. The van der Waals surface area contributed by atoms with Gasteiger partial charge >= 0.3 is 0 Å². The van der Waals surface area contributed by atoms with Gasteiger partial charge in [0.1, 0.15) is 29.3 Å². The van der Waals surface area contributed by atoms with E-state index in [-0.39, 0.29) is 17.9 Å². The van der Waals surface area contributed by atoms with E-state index < -0.39 is 6.10 Å². The van der Waals surface area contributed by atoms with Crippen LogP contribution in [0.2, 0.25) is 0 Å². The molecule has 1 aromatic carbocycles. The molecule has 4 aromatic rings. The van der Waals surface area contributed by atoms with Gasteiger partial charge in [0, 0.05) is 18.0 Å². The van der Waals surface area contributed by atoms with E-state index in [1.807, 2.05) is 6.07 Å². The lowest BCUT2D eigenvalue weighted by atomic mass is 10.0. The zero-order chi connectivity index (χ0) is 23.5. The highest BCUT2D eigenvalue weighted by atomic mass is 16.5. The van der Waals surface area contributed by atoms with Crippen LogP contribution in [0.25, 0.3) is 11.0 Å². The summed E-state index contributed by atoms with van der Waals surface area (Å²) >= 11 is 0. The number of aromatic amines is 1. The van der Waals surface area contributed by atoms with Gasteiger partial charge in [-0.1, -0.05) is 0 Å². The maximum Gasteiger partial charge on any atom is 0.195 e. The molecule has 1 aliphatic rings. The first kappa shape index (κ1) is 22.0. The summed E-state index contributed by atoms with van der Waals surface area (Å²) in [5.41, 5.74) is 1.59. The summed E-state index contributed by atoms with van der Waals surface area (Å²) in [6.07, 6.45) is 7.34. The first-order valence-corrected chi connectivity index (χ1v) is 11.2. The Bertz CT molecular complexity index is 1270. The number of fused-ring (bicyclic) bond motifs is 1. The minimum absolute atomic E-state index is 0.0230. The van der Waals surface area contributed by atoms with Crippen LogP contribution in [0.3, 0.4) is 0 Å². The van der Waals surface area contributed by atoms with E-state index in [0.29, 0.717) is 46.1 Å². The van der Waals surface area contributed by atoms with Crippen molar-refractivity contribution in [1.82, 2.24) is 19.9 Å². The van der Waals surface area contributed by atoms with Crippen LogP contribution in [-0.4, -0.2) is 55.7 Å². The molecule has 0 radical (unpaired) electrons. The van der Waals surface area contributed by atoms with Gasteiger partial charge in [0.05, 0.1) is 42.0 Å². The number of nitrogens with one attached hydrogen (secondary N) is 2. The molecule has 1 aliphatic heterocycles. The predicted octanol–water partition coefficient (Wildman–Crippen LogP) is 3.72. The van der Waals surface area contributed by atoms with Gasteiger partial charge in [-0.25, -0.2) is 9.97 Å². The molecule has 0 bridgehead atoms. The number of pyridine rings is 1. The molecule has 9 nitrogen and oxygen atoms in total. The van der Waals surface area contributed by atoms with E-state index in [1.54, 1.807) is 55.8 Å². The Labute approximate surface area is 196 Å². The number of aliphatic hydroxyl groups excluding tert-OH is 1. The standard InChI is InChI=1S/C25H25N5O4/c1-15(31)21-9-6-17(13-33-21)30-25-22-20(12-27-24(22)28-14-29-25)23(32)16-4-7-18(8-5-16)34-19-3-2-10-26-11-19/h2-5,7-8,10-12,14-15,17,21,31H,6,9,13H2,1H3,(H2,27,28,29,30)/t15-,17-,21+/m1/s1. The fraction of sp³-hybridized carbons (Fsp3) is 0.280. The van der Waals surface area contributed by atoms with Gasteiger partial charge in [-0.2, -0.15) is 0 Å². The summed E-state index contributed by atoms with van der Waals surface area (Å²) in [6.45, 7) is 2.19. The van der Waals surface area contributed by atoms with Crippen molar-refractivity contribution in [2.45, 2.75) is 38.0 Å². The SMILES string of the molecule is C[C@@H](O)[C@@H]1CC[C@@H](Nc2ncnc3[nH]cc(C(=O)c4ccc(Oc5cccnc5)cc4)c23)CO1. The molecule has 4 heterocycles. The van der Waals surface area contributed by atoms with Crippen LogP contribution in [0.1, 0.15) is 35.7 Å². The largest absolute Gasteiger partial charge is 0.456 e. The first-order chi connectivity index (χ1) is 16.6. The number of aromatic nitrogens is 4. The minimum atomic E-state index is -0.498. The van der Waals surface area contributed by atoms with Gasteiger partial charge < -0.3 is 24.9 Å². The molecular formula is C25H25N5O4. The lowest BCUT2D eigenvalue weighted by molar-refractivity contribution is -0.0584. The van der Waals surface area contributed by atoms with Gasteiger partial charge in [-0.15, -0.1) is 0 Å². The molecule has 3 N–H and O–H groups in total. The van der Waals surface area contributed by atoms with Crippen molar-refractivity contribution >= 4 is 22.6 Å². The molecule has 0 amide bonds. The molecular weight excluding hydrogens is 434 g/mol. The molecule has 34 heavy (non-hydrogen) atoms. The summed E-state index contributed by atoms with van der Waals surface area (Å²) < 4.78 is 11.5. The summed E-state index contributed by atoms with van der Waals surface area (Å²) in [5.74, 6) is 1.67. The zero-order valence-electron chi connectivity index (χ0n) is 18.6. The Morgan fingerprint density at radius 1 is 1.21 bits per heavy atom. The summed E-state index contributed by atoms with van der Waals surface area (Å²) in [5, 5.41) is 13.8. The fourth-order valence-corrected chi connectivity index (χ4v) is 4.08. The van der Waals surface area contributed by atoms with Gasteiger partial charge in [0.25, 0.3) is 0 Å². The van der Waals surface area contributed by atoms with E-state index >= 15 is 0 Å². The van der Waals surface area contributed by atoms with Crippen molar-refractivity contribution in [3.05, 3.63) is 72.4 Å². The van der Waals surface area contributed by atoms with Crippen LogP contribution >= 0.6 is 0 Å². The maximum absolute atomic E-state index is 13.3. The van der Waals surface area contributed by atoms with Crippen molar-refractivity contribution in [3.63, 3.8) is 0 Å². The third kappa shape index (κ3) is 4.61. The molecule has 5 rings (SSSR count). The highest BCUT2D eigenvalue weighted by molar-refractivity contribution is 6.18. The average molecular weight is 460 g/mol. The number of hydrogen-bond acceptors (Lipinski definition) is 8. The van der Waals surface area contributed by atoms with Gasteiger partial charge in [0.2, 0.25) is 0 Å². The average Bonchev–Trinajstić information content (AvgIpc) is 3.30. The van der Waals surface area contributed by atoms with Crippen molar-refractivity contribution in [1.29, 1.82) is 0 Å². The number of anilines is 1. The summed E-state index contributed by atoms with van der Waals surface area (Å²) in [4.78, 5) is 29.1. The third-order valence-corrected chi connectivity index (χ3v) is 5.89. The number of nitrogens with zero attached hydrogens (tertiary/aromatic N) is 3. The summed E-state index contributed by atoms with van der Waals surface area (Å²) in [6, 6.07) is 10.6. The normalized spacial score (nSPS) is 19.0. The molecule has 3 atom stereocenters. The molecule has 9 heteroatoms. The Balaban J connectivity index is 1.35. The highest BCUT2D eigenvalue weighted by Crippen LogP contribution is 2.29. The molecule has 0 aliphatic carbocycles. The van der Waals surface area contributed by atoms with Gasteiger partial charge in [-0.05, 0) is 56.2 Å². The second-order valence-corrected chi connectivity index (χ2v) is 8.32. The first-order valence-electron chi connectivity index (χ1n) is 11.2. The monoisotopic (exact) mass is 459 g/mol. The molecule has 1 saturated heterocycles. The Morgan fingerprint density at radius 2 is 2.06 bits per heavy atom. The Morgan fingerprint density at radius 3 is 2.76 bits per heavy atom. The fourth-order valence-electron chi connectivity index (χ4n) is 4.08. The quantitative estimate of drug-likeness (QED) is 0.358. The van der Waals surface area contributed by atoms with Gasteiger partial charge in [-0.3, -0.25) is 9.78 Å². The van der Waals surface area contributed by atoms with Crippen LogP contribution < -0.4 is 10.1 Å². The number of rotatable bonds is 7. The molecule has 0 saturated carbocycles. The lowest BCUT2D eigenvalue weighted by Crippen LogP contribution is -2.39. The number of carbonyl (C=O) groups excluding carboxylic acids is 1. The molecule has 1 fully saturated rings. The highest BCUT2D eigenvalue weighted by Gasteiger charge is 2.26. The van der Waals surface area contributed by atoms with Crippen LogP contribution in [0.5, 0.6) is 11.5 Å². The van der Waals surface area contributed by atoms with E-state index in [9.17, 15) is 9.90 Å². The number of hydrogen-bond donors (Lipinski definition) is 3. The Hall–Kier alpha value is -3.82. The third-order valence-electron chi connectivity index (χ3n) is 5.89. The smallest absolute Gasteiger partial charge is 0.195 e. The molecule has 0 unspecified atom stereocenters. The molecule has 0 spiro atoms. The van der Waals surface area contributed by atoms with Crippen LogP contribution in [0, 0.1) is 0 Å². The van der Waals surface area contributed by atoms with E-state index in [2.05, 4.69) is 25.3 Å². The maximum atomic E-state index is 13.3. The number of benzene rings is 1. The minimum Gasteiger partial charge on any atom is -0.456 e. The molecule has 174 valence electrons. The Kier molecular flexibility index (Phi) is 6.20. The van der Waals surface area contributed by atoms with Crippen LogP contribution in [-0.2, 0) is 4.74 Å². The predicted molar refractivity (Wildman–Crippen MR) is 126 cm³/mol. The van der Waals surface area contributed by atoms with Crippen molar-refractivity contribution in [2.75, 3.05) is 11.9 Å². The zero-order valence-corrected chi connectivity index (χ0v) is 18.6. The summed E-state index contributed by atoms with van der Waals surface area (Å²) in [7, 11) is 0. The lowest BCUT2D eigenvalue weighted by Gasteiger charge is -2.31. The number of carbonyl (C=O) groups is 1. The van der Waals surface area contributed by atoms with E-state index in [0.717, 1.165) is 12.8 Å². The number of H-pyrrole nitrogens is 1. The number of ether oxygens (including phenoxy) is 2. The van der Waals surface area contributed by atoms with E-state index in [4.69, 9.17) is 9.47 Å². The van der Waals surface area contributed by atoms with Crippen LogP contribution in [0.15, 0.2) is 61.3 Å². The van der Waals surface area contributed by atoms with Crippen molar-refractivity contribution in [2.24, 2.45) is 0 Å². The second-order valence-electron chi connectivity index (χ2n) is 8.32. The number of ketones is 1. The van der Waals surface area contributed by atoms with Crippen molar-refractivity contribution < 1.29 is 19.4 Å². The van der Waals surface area contributed by atoms with Crippen LogP contribution in [0.4, 0.5) is 5.82 Å². The second kappa shape index (κ2) is 9.58. The van der Waals surface area contributed by atoms with E-state index in [1.165, 1.54) is 6.33 Å². The van der Waals surface area contributed by atoms with Crippen molar-refractivity contribution in [3.8, 4) is 11.5 Å².